The van der Waals surface area contributed by atoms with E-state index in [-0.39, 0.29) is 0 Å². The molecule has 0 aliphatic carbocycles. The molecule has 0 radical (unpaired) electrons. The van der Waals surface area contributed by atoms with E-state index in [4.69, 9.17) is 0 Å². The van der Waals surface area contributed by atoms with Gasteiger partial charge in [0.2, 0.25) is 17.8 Å². The summed E-state index contributed by atoms with van der Waals surface area (Å²) in [4.78, 5) is 17.9. The summed E-state index contributed by atoms with van der Waals surface area (Å²) < 4.78 is 0. The highest BCUT2D eigenvalue weighted by Gasteiger charge is 2.18. The summed E-state index contributed by atoms with van der Waals surface area (Å²) in [5.74, 6) is 2.02. The highest BCUT2D eigenvalue weighted by Crippen LogP contribution is 2.17. The van der Waals surface area contributed by atoms with Gasteiger partial charge in [0, 0.05) is 26.2 Å². The third-order valence-electron chi connectivity index (χ3n) is 3.95. The molecule has 1 saturated heterocycles. The minimum absolute atomic E-state index is 0.442. The first-order chi connectivity index (χ1) is 10.2. The number of piperidine rings is 1. The van der Waals surface area contributed by atoms with Crippen LogP contribution in [0.5, 0.6) is 0 Å². The number of rotatable bonds is 6. The molecule has 0 saturated carbocycles. The third kappa shape index (κ3) is 4.17. The average Bonchev–Trinajstić information content (AvgIpc) is 2.50. The number of likely N-dealkylation sites (tertiary alicyclic amines) is 1. The maximum Gasteiger partial charge on any atom is 0.231 e. The fourth-order valence-electron chi connectivity index (χ4n) is 2.52. The molecule has 1 aromatic rings. The van der Waals surface area contributed by atoms with Gasteiger partial charge in [-0.05, 0) is 46.8 Å². The zero-order valence-electron chi connectivity index (χ0n) is 13.6. The van der Waals surface area contributed by atoms with Gasteiger partial charge in [0.05, 0.1) is 0 Å². The molecule has 2 N–H and O–H groups in total. The van der Waals surface area contributed by atoms with E-state index in [1.165, 1.54) is 0 Å². The molecule has 0 spiro atoms. The van der Waals surface area contributed by atoms with Crippen molar-refractivity contribution >= 4 is 17.8 Å². The van der Waals surface area contributed by atoms with Crippen LogP contribution in [0.15, 0.2) is 0 Å². The van der Waals surface area contributed by atoms with E-state index in [0.717, 1.165) is 45.0 Å². The van der Waals surface area contributed by atoms with Gasteiger partial charge in [-0.1, -0.05) is 0 Å². The lowest BCUT2D eigenvalue weighted by Crippen LogP contribution is -2.37. The zero-order chi connectivity index (χ0) is 15.2. The predicted octanol–water partition coefficient (Wildman–Crippen LogP) is 1.27. The topological polar surface area (TPSA) is 69.2 Å². The van der Waals surface area contributed by atoms with E-state index >= 15 is 0 Å². The van der Waals surface area contributed by atoms with Gasteiger partial charge < -0.3 is 20.4 Å². The molecule has 118 valence electrons. The molecule has 1 aromatic heterocycles. The van der Waals surface area contributed by atoms with Crippen molar-refractivity contribution in [3.63, 3.8) is 0 Å². The Balaban J connectivity index is 2.12. The minimum atomic E-state index is 0.442. The molecule has 7 heteroatoms. The molecule has 1 aliphatic rings. The fourth-order valence-corrected chi connectivity index (χ4v) is 2.52. The van der Waals surface area contributed by atoms with Crippen molar-refractivity contribution in [1.82, 2.24) is 19.9 Å². The Hall–Kier alpha value is -1.63. The Kier molecular flexibility index (Phi) is 5.55. The van der Waals surface area contributed by atoms with Crippen molar-refractivity contribution < 1.29 is 0 Å². The highest BCUT2D eigenvalue weighted by molar-refractivity contribution is 5.43. The van der Waals surface area contributed by atoms with Gasteiger partial charge in [0.1, 0.15) is 0 Å². The number of nitrogens with one attached hydrogen (secondary N) is 2. The fraction of sp³-hybridized carbons (Fsp3) is 0.786. The van der Waals surface area contributed by atoms with Crippen molar-refractivity contribution in [2.24, 2.45) is 0 Å². The van der Waals surface area contributed by atoms with Gasteiger partial charge in [-0.15, -0.1) is 0 Å². The summed E-state index contributed by atoms with van der Waals surface area (Å²) in [5, 5.41) is 6.48. The molecule has 0 atom stereocenters. The summed E-state index contributed by atoms with van der Waals surface area (Å²) in [7, 11) is 4.00. The van der Waals surface area contributed by atoms with E-state index in [1.807, 2.05) is 7.05 Å². The second-order valence-electron chi connectivity index (χ2n) is 5.43. The predicted molar refractivity (Wildman–Crippen MR) is 87.1 cm³/mol. The first kappa shape index (κ1) is 15.8. The van der Waals surface area contributed by atoms with Crippen LogP contribution in [0.25, 0.3) is 0 Å². The largest absolute Gasteiger partial charge is 0.357 e. The molecule has 7 nitrogen and oxygen atoms in total. The van der Waals surface area contributed by atoms with E-state index in [9.17, 15) is 0 Å². The third-order valence-corrected chi connectivity index (χ3v) is 3.95. The first-order valence-electron chi connectivity index (χ1n) is 7.80. The highest BCUT2D eigenvalue weighted by atomic mass is 15.3. The average molecular weight is 293 g/mol. The number of aromatic nitrogens is 3. The van der Waals surface area contributed by atoms with Crippen LogP contribution in [0.1, 0.15) is 26.7 Å². The molecule has 1 aliphatic heterocycles. The quantitative estimate of drug-likeness (QED) is 0.818. The SMILES string of the molecule is CCN(CC)c1nc(NC)nc(NC2CCN(C)CC2)n1. The van der Waals surface area contributed by atoms with E-state index in [1.54, 1.807) is 0 Å². The lowest BCUT2D eigenvalue weighted by molar-refractivity contribution is 0.263. The standard InChI is InChI=1S/C14H27N7/c1-5-21(6-2)14-18-12(15-3)17-13(19-14)16-11-7-9-20(4)10-8-11/h11H,5-10H2,1-4H3,(H2,15,16,17,18,19). The Morgan fingerprint density at radius 2 is 1.71 bits per heavy atom. The number of nitrogens with zero attached hydrogens (tertiary/aromatic N) is 5. The molecule has 0 bridgehead atoms. The van der Waals surface area contributed by atoms with Crippen LogP contribution in [0.4, 0.5) is 17.8 Å². The molecular formula is C14H27N7. The maximum absolute atomic E-state index is 4.58. The minimum Gasteiger partial charge on any atom is -0.357 e. The number of hydrogen-bond acceptors (Lipinski definition) is 7. The number of anilines is 3. The Labute approximate surface area is 127 Å². The normalized spacial score (nSPS) is 16.8. The van der Waals surface area contributed by atoms with Gasteiger partial charge in [-0.25, -0.2) is 0 Å². The van der Waals surface area contributed by atoms with Crippen molar-refractivity contribution in [1.29, 1.82) is 0 Å². The summed E-state index contributed by atoms with van der Waals surface area (Å²) >= 11 is 0. The van der Waals surface area contributed by atoms with Crippen molar-refractivity contribution in [2.45, 2.75) is 32.7 Å². The lowest BCUT2D eigenvalue weighted by Gasteiger charge is -2.29. The Morgan fingerprint density at radius 3 is 2.29 bits per heavy atom. The monoisotopic (exact) mass is 293 g/mol. The van der Waals surface area contributed by atoms with Crippen molar-refractivity contribution in [3.05, 3.63) is 0 Å². The lowest BCUT2D eigenvalue weighted by atomic mass is 10.1. The van der Waals surface area contributed by atoms with Gasteiger partial charge in [0.25, 0.3) is 0 Å². The molecule has 0 amide bonds. The van der Waals surface area contributed by atoms with Crippen LogP contribution in [0, 0.1) is 0 Å². The van der Waals surface area contributed by atoms with Crippen LogP contribution in [-0.4, -0.2) is 66.2 Å². The Bertz CT molecular complexity index is 439. The van der Waals surface area contributed by atoms with Crippen molar-refractivity contribution in [3.8, 4) is 0 Å². The van der Waals surface area contributed by atoms with Gasteiger partial charge >= 0.3 is 0 Å². The Morgan fingerprint density at radius 1 is 1.10 bits per heavy atom. The molecule has 2 rings (SSSR count). The molecule has 0 unspecified atom stereocenters. The second kappa shape index (κ2) is 7.40. The van der Waals surface area contributed by atoms with E-state index < -0.39 is 0 Å². The van der Waals surface area contributed by atoms with Gasteiger partial charge in [0.15, 0.2) is 0 Å². The molecule has 0 aromatic carbocycles. The van der Waals surface area contributed by atoms with Gasteiger partial charge in [-0.3, -0.25) is 0 Å². The van der Waals surface area contributed by atoms with Crippen LogP contribution in [-0.2, 0) is 0 Å². The summed E-state index contributed by atoms with van der Waals surface area (Å²) in [5.41, 5.74) is 0. The molecule has 2 heterocycles. The maximum atomic E-state index is 4.58. The van der Waals surface area contributed by atoms with Crippen molar-refractivity contribution in [2.75, 3.05) is 55.8 Å². The summed E-state index contributed by atoms with van der Waals surface area (Å²) in [6.45, 7) is 8.22. The smallest absolute Gasteiger partial charge is 0.231 e. The first-order valence-corrected chi connectivity index (χ1v) is 7.80. The summed E-state index contributed by atoms with van der Waals surface area (Å²) in [6, 6.07) is 0.442. The summed E-state index contributed by atoms with van der Waals surface area (Å²) in [6.07, 6.45) is 2.25. The zero-order valence-corrected chi connectivity index (χ0v) is 13.6. The molecule has 21 heavy (non-hydrogen) atoms. The second-order valence-corrected chi connectivity index (χ2v) is 5.43. The number of hydrogen-bond donors (Lipinski definition) is 2. The van der Waals surface area contributed by atoms with Gasteiger partial charge in [-0.2, -0.15) is 15.0 Å². The molecular weight excluding hydrogens is 266 g/mol. The van der Waals surface area contributed by atoms with Crippen LogP contribution >= 0.6 is 0 Å². The van der Waals surface area contributed by atoms with Crippen LogP contribution in [0.3, 0.4) is 0 Å². The van der Waals surface area contributed by atoms with Crippen LogP contribution in [0.2, 0.25) is 0 Å². The van der Waals surface area contributed by atoms with E-state index in [0.29, 0.717) is 17.9 Å². The molecule has 1 fully saturated rings. The van der Waals surface area contributed by atoms with Crippen LogP contribution < -0.4 is 15.5 Å². The van der Waals surface area contributed by atoms with E-state index in [2.05, 4.69) is 56.3 Å².